The maximum atomic E-state index is 15.0. The number of benzene rings is 2. The lowest BCUT2D eigenvalue weighted by molar-refractivity contribution is -0.164. The third-order valence-electron chi connectivity index (χ3n) is 6.76. The van der Waals surface area contributed by atoms with Crippen LogP contribution in [0.3, 0.4) is 0 Å². The summed E-state index contributed by atoms with van der Waals surface area (Å²) in [6.07, 6.45) is -9.60. The third-order valence-corrected chi connectivity index (χ3v) is 6.76. The molecule has 1 aromatic heterocycles. The fourth-order valence-electron chi connectivity index (χ4n) is 4.30. The van der Waals surface area contributed by atoms with Crippen LogP contribution in [-0.2, 0) is 6.18 Å². The van der Waals surface area contributed by atoms with Crippen molar-refractivity contribution in [2.24, 2.45) is 5.73 Å². The summed E-state index contributed by atoms with van der Waals surface area (Å²) in [6.45, 7) is 2.70. The van der Waals surface area contributed by atoms with E-state index in [-0.39, 0.29) is 11.3 Å². The first-order valence-electron chi connectivity index (χ1n) is 12.9. The van der Waals surface area contributed by atoms with Gasteiger partial charge in [0.25, 0.3) is 5.91 Å². The van der Waals surface area contributed by atoms with Gasteiger partial charge in [-0.3, -0.25) is 4.79 Å². The van der Waals surface area contributed by atoms with Crippen molar-refractivity contribution in [2.45, 2.75) is 25.3 Å². The molecule has 1 aliphatic heterocycles. The molecule has 11 nitrogen and oxygen atoms in total. The monoisotopic (exact) mass is 632 g/mol. The van der Waals surface area contributed by atoms with Crippen molar-refractivity contribution in [3.8, 4) is 17.0 Å². The number of nitrogens with two attached hydrogens (primary N) is 2. The van der Waals surface area contributed by atoms with Crippen molar-refractivity contribution in [1.82, 2.24) is 19.7 Å². The molecule has 1 atom stereocenters. The average Bonchev–Trinajstić information content (AvgIpc) is 3.27. The van der Waals surface area contributed by atoms with Gasteiger partial charge in [-0.25, -0.2) is 13.9 Å². The average molecular weight is 633 g/mol. The van der Waals surface area contributed by atoms with Crippen LogP contribution in [0.2, 0.25) is 0 Å². The van der Waals surface area contributed by atoms with Gasteiger partial charge in [0, 0.05) is 37.4 Å². The number of likely N-dealkylation sites (N-methyl/N-ethyl adjacent to an activating group) is 1. The molecule has 18 heteroatoms. The Morgan fingerprint density at radius 2 is 1.66 bits per heavy atom. The van der Waals surface area contributed by atoms with Crippen LogP contribution in [0.25, 0.3) is 11.3 Å². The van der Waals surface area contributed by atoms with E-state index in [1.807, 2.05) is 11.9 Å². The molecule has 6 N–H and O–H groups in total. The van der Waals surface area contributed by atoms with Gasteiger partial charge in [-0.2, -0.15) is 31.4 Å². The summed E-state index contributed by atoms with van der Waals surface area (Å²) in [6, 6.07) is 2.43. The second-order valence-electron chi connectivity index (χ2n) is 9.94. The summed E-state index contributed by atoms with van der Waals surface area (Å²) in [5.74, 6) is -3.47. The number of nitrogen functional groups attached to an aromatic ring is 1. The number of hydrogen-bond acceptors (Lipinski definition) is 7. The maximum Gasteiger partial charge on any atom is 0.420 e. The predicted molar refractivity (Wildman–Crippen MR) is 145 cm³/mol. The lowest BCUT2D eigenvalue weighted by Crippen LogP contribution is -2.46. The number of hydrogen-bond donors (Lipinski definition) is 4. The van der Waals surface area contributed by atoms with E-state index < -0.39 is 70.2 Å². The van der Waals surface area contributed by atoms with E-state index in [0.29, 0.717) is 36.9 Å². The molecule has 2 heterocycles. The lowest BCUT2D eigenvalue weighted by atomic mass is 10.1. The van der Waals surface area contributed by atoms with Gasteiger partial charge in [0.1, 0.15) is 34.5 Å². The van der Waals surface area contributed by atoms with E-state index >= 15 is 0 Å². The number of rotatable bonds is 7. The molecule has 0 unspecified atom stereocenters. The van der Waals surface area contributed by atoms with E-state index in [2.05, 4.69) is 15.7 Å². The second kappa shape index (κ2) is 12.2. The molecule has 3 aromatic rings. The number of piperazine rings is 1. The molecule has 0 saturated carbocycles. The lowest BCUT2D eigenvalue weighted by Gasteiger charge is -2.32. The van der Waals surface area contributed by atoms with Crippen LogP contribution in [0.4, 0.5) is 52.7 Å². The number of urea groups is 1. The number of halogens is 7. The van der Waals surface area contributed by atoms with Crippen molar-refractivity contribution in [3.63, 3.8) is 0 Å². The maximum absolute atomic E-state index is 15.0. The Kier molecular flexibility index (Phi) is 8.96. The zero-order valence-corrected chi connectivity index (χ0v) is 23.2. The highest BCUT2D eigenvalue weighted by Crippen LogP contribution is 2.39. The third kappa shape index (κ3) is 7.13. The number of nitrogens with one attached hydrogen (secondary N) is 2. The number of aromatic nitrogens is 2. The minimum absolute atomic E-state index is 0.187. The van der Waals surface area contributed by atoms with Gasteiger partial charge in [-0.15, -0.1) is 5.06 Å². The van der Waals surface area contributed by atoms with Crippen LogP contribution in [0.1, 0.15) is 28.9 Å². The van der Waals surface area contributed by atoms with Gasteiger partial charge < -0.3 is 31.8 Å². The molecule has 0 bridgehead atoms. The van der Waals surface area contributed by atoms with Crippen LogP contribution < -0.4 is 26.9 Å². The number of carbonyl (C=O) groups excluding carboxylic acids is 2. The first-order chi connectivity index (χ1) is 20.5. The number of anilines is 3. The van der Waals surface area contributed by atoms with Gasteiger partial charge in [0.2, 0.25) is 0 Å². The Morgan fingerprint density at radius 3 is 2.23 bits per heavy atom. The summed E-state index contributed by atoms with van der Waals surface area (Å²) in [4.78, 5) is 31.9. The van der Waals surface area contributed by atoms with Gasteiger partial charge in [-0.05, 0) is 44.3 Å². The van der Waals surface area contributed by atoms with Crippen LogP contribution in [0.15, 0.2) is 36.4 Å². The highest BCUT2D eigenvalue weighted by Gasteiger charge is 2.40. The first kappa shape index (κ1) is 32.3. The molecule has 44 heavy (non-hydrogen) atoms. The fourth-order valence-corrected chi connectivity index (χ4v) is 4.30. The Bertz CT molecular complexity index is 1550. The van der Waals surface area contributed by atoms with E-state index in [1.165, 1.54) is 11.1 Å². The first-order valence-corrected chi connectivity index (χ1v) is 12.9. The number of nitrogens with zero attached hydrogens (tertiary/aromatic N) is 4. The molecule has 0 aliphatic carbocycles. The molecule has 0 spiro atoms. The minimum Gasteiger partial charge on any atom is -0.405 e. The summed E-state index contributed by atoms with van der Waals surface area (Å²) in [5.41, 5.74) is 7.93. The van der Waals surface area contributed by atoms with Crippen molar-refractivity contribution in [2.75, 3.05) is 49.6 Å². The molecule has 1 aliphatic rings. The van der Waals surface area contributed by atoms with E-state index in [4.69, 9.17) is 16.3 Å². The predicted octanol–water partition coefficient (Wildman–Crippen LogP) is 4.70. The number of alkyl halides is 6. The van der Waals surface area contributed by atoms with Gasteiger partial charge >= 0.3 is 18.4 Å². The van der Waals surface area contributed by atoms with Crippen LogP contribution in [-0.4, -0.2) is 71.1 Å². The molecule has 238 valence electrons. The van der Waals surface area contributed by atoms with Crippen LogP contribution in [0.5, 0.6) is 5.75 Å². The smallest absolute Gasteiger partial charge is 0.405 e. The van der Waals surface area contributed by atoms with Gasteiger partial charge in [0.15, 0.2) is 5.75 Å². The molecule has 1 fully saturated rings. The normalized spacial score (nSPS) is 15.6. The number of primary amides is 1. The SMILES string of the molecule is C[C@H](n1nc(-c2ccc(NC(=O)Nc3ccc(ON4CCN(C)CC4)c(C(F)(F)F)c3)c(F)c2)c(C(N)=O)c1N)C(F)(F)F. The molecule has 3 amide bonds. The van der Waals surface area contributed by atoms with Gasteiger partial charge in [-0.1, -0.05) is 6.07 Å². The Labute approximate surface area is 245 Å². The molecular weight excluding hydrogens is 605 g/mol. The van der Waals surface area contributed by atoms with Crippen LogP contribution in [0, 0.1) is 5.82 Å². The van der Waals surface area contributed by atoms with Crippen molar-refractivity contribution in [3.05, 3.63) is 53.3 Å². The fraction of sp³-hybridized carbons (Fsp3) is 0.346. The zero-order valence-electron chi connectivity index (χ0n) is 23.2. The Hall–Kier alpha value is -4.58. The quantitative estimate of drug-likeness (QED) is 0.277. The zero-order chi connectivity index (χ0) is 32.6. The number of carbonyl (C=O) groups is 2. The number of hydroxylamine groups is 2. The standard InChI is InChI=1S/C26H27F7N8O3/c1-13(25(28,29)30)41-22(34)20(23(35)42)21(38-41)14-3-5-18(17(27)11-14)37-24(43)36-15-4-6-19(16(12-15)26(31,32)33)44-40-9-7-39(2)8-10-40/h3-6,11-13H,7-10,34H2,1-2H3,(H2,35,42)(H2,36,37,43)/t13-/m0/s1. The Morgan fingerprint density at radius 1 is 1.00 bits per heavy atom. The van der Waals surface area contributed by atoms with Crippen LogP contribution >= 0.6 is 0 Å². The molecule has 2 aromatic carbocycles. The molecule has 4 rings (SSSR count). The van der Waals surface area contributed by atoms with E-state index in [9.17, 15) is 40.3 Å². The summed E-state index contributed by atoms with van der Waals surface area (Å²) < 4.78 is 96.4. The molecule has 1 saturated heterocycles. The Balaban J connectivity index is 1.52. The highest BCUT2D eigenvalue weighted by atomic mass is 19.4. The molecule has 0 radical (unpaired) electrons. The highest BCUT2D eigenvalue weighted by molar-refractivity contribution is 6.04. The van der Waals surface area contributed by atoms with E-state index in [0.717, 1.165) is 31.2 Å². The van der Waals surface area contributed by atoms with Crippen molar-refractivity contribution < 1.29 is 45.2 Å². The summed E-state index contributed by atoms with van der Waals surface area (Å²) in [5, 5.41) is 9.44. The van der Waals surface area contributed by atoms with Crippen molar-refractivity contribution in [1.29, 1.82) is 0 Å². The van der Waals surface area contributed by atoms with E-state index in [1.54, 1.807) is 0 Å². The summed E-state index contributed by atoms with van der Waals surface area (Å²) in [7, 11) is 1.87. The molecular formula is C26H27F7N8O3. The largest absolute Gasteiger partial charge is 0.420 e. The van der Waals surface area contributed by atoms with Crippen molar-refractivity contribution >= 4 is 29.1 Å². The summed E-state index contributed by atoms with van der Waals surface area (Å²) >= 11 is 0. The van der Waals surface area contributed by atoms with Gasteiger partial charge in [0.05, 0.1) is 5.69 Å². The number of amides is 3. The minimum atomic E-state index is -4.82. The topological polar surface area (TPSA) is 144 Å². The second-order valence-corrected chi connectivity index (χ2v) is 9.94.